The van der Waals surface area contributed by atoms with Gasteiger partial charge in [0.2, 0.25) is 0 Å². The lowest BCUT2D eigenvalue weighted by Gasteiger charge is -2.36. The number of aromatic nitrogens is 4. The van der Waals surface area contributed by atoms with E-state index in [1.165, 1.54) is 36.4 Å². The molecule has 2 N–H and O–H groups in total. The Morgan fingerprint density at radius 3 is 1.53 bits per heavy atom. The summed E-state index contributed by atoms with van der Waals surface area (Å²) >= 11 is 0. The van der Waals surface area contributed by atoms with E-state index < -0.39 is 47.9 Å². The molecule has 0 saturated heterocycles. The fourth-order valence-corrected chi connectivity index (χ4v) is 9.61. The molecule has 2 aromatic heterocycles. The summed E-state index contributed by atoms with van der Waals surface area (Å²) in [4.78, 5) is 71.0. The number of carbonyl (C=O) groups is 2. The summed E-state index contributed by atoms with van der Waals surface area (Å²) in [7, 11) is 0. The van der Waals surface area contributed by atoms with Crippen LogP contribution in [0.1, 0.15) is 73.6 Å². The molecule has 0 radical (unpaired) electrons. The van der Waals surface area contributed by atoms with Gasteiger partial charge in [0.15, 0.2) is 0 Å². The van der Waals surface area contributed by atoms with E-state index in [-0.39, 0.29) is 39.5 Å². The smallest absolute Gasteiger partial charge is 0.308 e. The van der Waals surface area contributed by atoms with E-state index in [1.54, 1.807) is 31.1 Å². The molecule has 6 aromatic carbocycles. The molecule has 4 atom stereocenters. The quantitative estimate of drug-likeness (QED) is 0.148. The molecular weight excluding hydrogens is 839 g/mol. The Balaban J connectivity index is 1.07. The van der Waals surface area contributed by atoms with Crippen molar-refractivity contribution in [1.29, 1.82) is 0 Å². The van der Waals surface area contributed by atoms with E-state index in [2.05, 4.69) is 10.6 Å². The number of nitrogens with zero attached hydrogens (tertiary/aromatic N) is 6. The van der Waals surface area contributed by atoms with Crippen molar-refractivity contribution in [3.8, 4) is 11.1 Å². The summed E-state index contributed by atoms with van der Waals surface area (Å²) in [6, 6.07) is 38.1. The molecule has 14 heteroatoms. The maximum Gasteiger partial charge on any atom is 0.323 e. The molecule has 8 aromatic rings. The molecule has 4 heterocycles. The van der Waals surface area contributed by atoms with Gasteiger partial charge in [-0.25, -0.2) is 28.3 Å². The molecule has 0 spiro atoms. The standard InChI is InChI=1S/C52H44F2N8O4/c1-31(33-13-6-3-7-14-33)61(44-25-27-59-47(44)55-42-29-36(53)21-23-39(42)49(59)63)51(65)57-41-20-12-19-38(35-17-10-5-11-18-35)46(41)58-52(66)62(32(2)34-15-8-4-9-16-34)45-26-28-60-48(45)56-43-30-37(54)22-24-40(43)50(60)64/h3-24,29-32,44-45H,25-28H2,1-2H3,(H,57,65)(H,58,66). The molecule has 0 bridgehead atoms. The van der Waals surface area contributed by atoms with Crippen LogP contribution < -0.4 is 21.8 Å². The number of para-hydroxylation sites is 1. The molecule has 4 unspecified atom stereocenters. The normalized spacial score (nSPS) is 16.1. The van der Waals surface area contributed by atoms with Crippen molar-refractivity contribution in [1.82, 2.24) is 28.9 Å². The first-order valence-electron chi connectivity index (χ1n) is 21.9. The first-order chi connectivity index (χ1) is 32.0. The Morgan fingerprint density at radius 2 is 1.05 bits per heavy atom. The van der Waals surface area contributed by atoms with Crippen LogP contribution in [0.3, 0.4) is 0 Å². The second-order valence-electron chi connectivity index (χ2n) is 16.7. The maximum atomic E-state index is 15.3. The number of benzene rings is 6. The summed E-state index contributed by atoms with van der Waals surface area (Å²) in [5.74, 6) is -0.382. The Hall–Kier alpha value is -8.00. The zero-order valence-electron chi connectivity index (χ0n) is 36.1. The molecule has 10 rings (SSSR count). The number of amides is 4. The molecule has 66 heavy (non-hydrogen) atoms. The van der Waals surface area contributed by atoms with E-state index in [9.17, 15) is 18.4 Å². The number of hydrogen-bond acceptors (Lipinski definition) is 6. The minimum atomic E-state index is -0.701. The second kappa shape index (κ2) is 17.2. The second-order valence-corrected chi connectivity index (χ2v) is 16.7. The van der Waals surface area contributed by atoms with E-state index in [4.69, 9.17) is 9.97 Å². The van der Waals surface area contributed by atoms with Gasteiger partial charge in [-0.2, -0.15) is 0 Å². The molecule has 2 aliphatic heterocycles. The van der Waals surface area contributed by atoms with Gasteiger partial charge in [-0.3, -0.25) is 18.7 Å². The van der Waals surface area contributed by atoms with Crippen molar-refractivity contribution >= 4 is 45.2 Å². The zero-order chi connectivity index (χ0) is 45.6. The maximum absolute atomic E-state index is 15.3. The molecule has 330 valence electrons. The molecule has 12 nitrogen and oxygen atoms in total. The first kappa shape index (κ1) is 42.0. The summed E-state index contributed by atoms with van der Waals surface area (Å²) in [6.07, 6.45) is 0.733. The zero-order valence-corrected chi connectivity index (χ0v) is 36.1. The molecule has 0 aliphatic carbocycles. The van der Waals surface area contributed by atoms with Crippen molar-refractivity contribution < 1.29 is 18.4 Å². The van der Waals surface area contributed by atoms with Crippen LogP contribution in [0.25, 0.3) is 32.9 Å². The largest absolute Gasteiger partial charge is 0.323 e. The lowest BCUT2D eigenvalue weighted by atomic mass is 10.0. The number of nitrogens with one attached hydrogen (secondary N) is 2. The topological polar surface area (TPSA) is 134 Å². The van der Waals surface area contributed by atoms with Crippen molar-refractivity contribution in [3.05, 3.63) is 201 Å². The van der Waals surface area contributed by atoms with Gasteiger partial charge in [0.05, 0.1) is 57.3 Å². The van der Waals surface area contributed by atoms with Gasteiger partial charge in [-0.05, 0) is 73.7 Å². The van der Waals surface area contributed by atoms with Crippen LogP contribution >= 0.6 is 0 Å². The van der Waals surface area contributed by atoms with Gasteiger partial charge >= 0.3 is 12.1 Å². The van der Waals surface area contributed by atoms with Gasteiger partial charge in [-0.15, -0.1) is 0 Å². The highest BCUT2D eigenvalue weighted by Crippen LogP contribution is 2.42. The van der Waals surface area contributed by atoms with Crippen LogP contribution in [0.2, 0.25) is 0 Å². The number of anilines is 2. The predicted octanol–water partition coefficient (Wildman–Crippen LogP) is 10.5. The molecule has 2 aliphatic rings. The number of hydrogen-bond donors (Lipinski definition) is 2. The highest BCUT2D eigenvalue weighted by Gasteiger charge is 2.40. The minimum absolute atomic E-state index is 0.199. The Labute approximate surface area is 377 Å². The van der Waals surface area contributed by atoms with Crippen LogP contribution in [0.4, 0.5) is 29.7 Å². The third kappa shape index (κ3) is 7.53. The van der Waals surface area contributed by atoms with Gasteiger partial charge in [0, 0.05) is 30.8 Å². The van der Waals surface area contributed by atoms with Crippen LogP contribution in [0.5, 0.6) is 0 Å². The number of halogens is 2. The van der Waals surface area contributed by atoms with Crippen molar-refractivity contribution in [2.24, 2.45) is 0 Å². The van der Waals surface area contributed by atoms with E-state index in [0.717, 1.165) is 16.7 Å². The fraction of sp³-hybridized carbons (Fsp3) is 0.192. The number of rotatable bonds is 9. The average molecular weight is 883 g/mol. The minimum Gasteiger partial charge on any atom is -0.308 e. The van der Waals surface area contributed by atoms with Gasteiger partial charge in [-0.1, -0.05) is 103 Å². The van der Waals surface area contributed by atoms with Crippen LogP contribution in [0.15, 0.2) is 155 Å². The first-order valence-corrected chi connectivity index (χ1v) is 21.9. The Bertz CT molecular complexity index is 3290. The Kier molecular flexibility index (Phi) is 10.9. The highest BCUT2D eigenvalue weighted by atomic mass is 19.1. The summed E-state index contributed by atoms with van der Waals surface area (Å²) < 4.78 is 32.2. The molecule has 0 fully saturated rings. The predicted molar refractivity (Wildman–Crippen MR) is 250 cm³/mol. The average Bonchev–Trinajstić information content (AvgIpc) is 3.95. The van der Waals surface area contributed by atoms with Crippen molar-refractivity contribution in [3.63, 3.8) is 0 Å². The SMILES string of the molecule is CC(c1ccccc1)N(C(=O)Nc1cccc(-c2ccccc2)c1NC(=O)N(C(C)c1ccccc1)C1CCn2c1nc1cc(F)ccc1c2=O)C1CCn2c1nc1cc(F)ccc1c2=O. The van der Waals surface area contributed by atoms with Gasteiger partial charge < -0.3 is 20.4 Å². The van der Waals surface area contributed by atoms with Gasteiger partial charge in [0.1, 0.15) is 23.3 Å². The van der Waals surface area contributed by atoms with Crippen LogP contribution in [0, 0.1) is 11.6 Å². The number of urea groups is 2. The Morgan fingerprint density at radius 1 is 0.591 bits per heavy atom. The van der Waals surface area contributed by atoms with E-state index in [0.29, 0.717) is 48.0 Å². The number of carbonyl (C=O) groups excluding carboxylic acids is 2. The lowest BCUT2D eigenvalue weighted by molar-refractivity contribution is 0.158. The van der Waals surface area contributed by atoms with Crippen molar-refractivity contribution in [2.75, 3.05) is 10.6 Å². The summed E-state index contributed by atoms with van der Waals surface area (Å²) in [5.41, 5.74) is 3.41. The summed E-state index contributed by atoms with van der Waals surface area (Å²) in [5, 5.41) is 6.92. The molecular formula is C52H44F2N8O4. The highest BCUT2D eigenvalue weighted by molar-refractivity contribution is 6.04. The third-order valence-electron chi connectivity index (χ3n) is 12.9. The summed E-state index contributed by atoms with van der Waals surface area (Å²) in [6.45, 7) is 4.39. The van der Waals surface area contributed by atoms with E-state index in [1.807, 2.05) is 111 Å². The van der Waals surface area contributed by atoms with Crippen LogP contribution in [-0.2, 0) is 13.1 Å². The van der Waals surface area contributed by atoms with Crippen LogP contribution in [-0.4, -0.2) is 41.0 Å². The van der Waals surface area contributed by atoms with Gasteiger partial charge in [0.25, 0.3) is 11.1 Å². The van der Waals surface area contributed by atoms with Crippen molar-refractivity contribution in [2.45, 2.75) is 63.9 Å². The lowest BCUT2D eigenvalue weighted by Crippen LogP contribution is -2.41. The monoisotopic (exact) mass is 882 g/mol. The van der Waals surface area contributed by atoms with E-state index >= 15 is 9.59 Å². The molecule has 4 amide bonds. The molecule has 0 saturated carbocycles. The third-order valence-corrected chi connectivity index (χ3v) is 12.9. The number of fused-ring (bicyclic) bond motifs is 4. The fourth-order valence-electron chi connectivity index (χ4n) is 9.61.